The molecule has 0 spiro atoms. The van der Waals surface area contributed by atoms with E-state index in [1.807, 2.05) is 12.1 Å². The van der Waals surface area contributed by atoms with Gasteiger partial charge in [-0.2, -0.15) is 0 Å². The Bertz CT molecular complexity index is 508. The minimum atomic E-state index is -0.793. The van der Waals surface area contributed by atoms with Crippen LogP contribution in [0.2, 0.25) is 5.02 Å². The van der Waals surface area contributed by atoms with Gasteiger partial charge in [-0.3, -0.25) is 4.79 Å². The summed E-state index contributed by atoms with van der Waals surface area (Å²) < 4.78 is 11.0. The molecule has 1 heterocycles. The first kappa shape index (κ1) is 11.7. The van der Waals surface area contributed by atoms with Crippen LogP contribution < -0.4 is 9.47 Å². The quantitative estimate of drug-likeness (QED) is 0.916. The van der Waals surface area contributed by atoms with Crippen LogP contribution in [0.15, 0.2) is 12.1 Å². The molecule has 0 radical (unpaired) electrons. The number of carboxylic acid groups (broad SMARTS) is 1. The molecular weight excluding hydrogens is 256 g/mol. The normalized spacial score (nSPS) is 19.4. The molecule has 18 heavy (non-hydrogen) atoms. The van der Waals surface area contributed by atoms with E-state index in [4.69, 9.17) is 26.2 Å². The Morgan fingerprint density at radius 2 is 2.06 bits per heavy atom. The molecule has 0 bridgehead atoms. The fourth-order valence-corrected chi connectivity index (χ4v) is 2.88. The van der Waals surface area contributed by atoms with E-state index in [0.29, 0.717) is 29.7 Å². The van der Waals surface area contributed by atoms with Gasteiger partial charge in [0, 0.05) is 5.41 Å². The van der Waals surface area contributed by atoms with E-state index in [9.17, 15) is 4.79 Å². The molecule has 0 aromatic heterocycles. The highest BCUT2D eigenvalue weighted by atomic mass is 35.5. The average molecular weight is 269 g/mol. The van der Waals surface area contributed by atoms with Crippen LogP contribution in [-0.2, 0) is 10.2 Å². The third kappa shape index (κ3) is 1.81. The van der Waals surface area contributed by atoms with Crippen molar-refractivity contribution in [3.8, 4) is 11.5 Å². The lowest BCUT2D eigenvalue weighted by Gasteiger charge is -2.23. The Labute approximate surface area is 109 Å². The number of benzene rings is 1. The molecule has 1 saturated carbocycles. The van der Waals surface area contributed by atoms with Crippen LogP contribution in [0.3, 0.4) is 0 Å². The van der Waals surface area contributed by atoms with Crippen LogP contribution in [0, 0.1) is 0 Å². The largest absolute Gasteiger partial charge is 0.486 e. The number of hydrogen-bond donors (Lipinski definition) is 1. The predicted molar refractivity (Wildman–Crippen MR) is 65.6 cm³/mol. The highest BCUT2D eigenvalue weighted by Gasteiger charge is 2.48. The molecule has 1 aromatic carbocycles. The molecule has 5 heteroatoms. The van der Waals surface area contributed by atoms with Gasteiger partial charge in [-0.1, -0.05) is 17.7 Å². The van der Waals surface area contributed by atoms with Crippen molar-refractivity contribution < 1.29 is 19.4 Å². The minimum absolute atomic E-state index is 0.117. The highest BCUT2D eigenvalue weighted by molar-refractivity contribution is 6.33. The topological polar surface area (TPSA) is 55.8 Å². The van der Waals surface area contributed by atoms with E-state index in [-0.39, 0.29) is 11.8 Å². The van der Waals surface area contributed by atoms with Gasteiger partial charge in [0.2, 0.25) is 0 Å². The Balaban J connectivity index is 2.01. The molecule has 1 N–H and O–H groups in total. The van der Waals surface area contributed by atoms with Crippen molar-refractivity contribution in [3.05, 3.63) is 22.7 Å². The zero-order valence-corrected chi connectivity index (χ0v) is 10.5. The third-order valence-electron chi connectivity index (χ3n) is 3.56. The van der Waals surface area contributed by atoms with Crippen molar-refractivity contribution in [1.29, 1.82) is 0 Å². The maximum absolute atomic E-state index is 10.9. The van der Waals surface area contributed by atoms with E-state index < -0.39 is 5.97 Å². The molecule has 4 nitrogen and oxygen atoms in total. The van der Waals surface area contributed by atoms with Gasteiger partial charge < -0.3 is 14.6 Å². The van der Waals surface area contributed by atoms with E-state index in [1.165, 1.54) is 0 Å². The number of rotatable bonds is 3. The summed E-state index contributed by atoms with van der Waals surface area (Å²) in [6.45, 7) is 0.991. The Hall–Kier alpha value is -1.42. The van der Waals surface area contributed by atoms with Gasteiger partial charge in [-0.05, 0) is 24.5 Å². The molecule has 0 unspecified atom stereocenters. The predicted octanol–water partition coefficient (Wildman–Crippen LogP) is 2.62. The molecular formula is C13H13ClO4. The third-order valence-corrected chi connectivity index (χ3v) is 3.94. The maximum Gasteiger partial charge on any atom is 0.304 e. The zero-order chi connectivity index (χ0) is 12.8. The SMILES string of the molecule is O=C(O)CC1(c2ccc3c(c2Cl)OCCO3)CC1. The van der Waals surface area contributed by atoms with Gasteiger partial charge in [0.1, 0.15) is 13.2 Å². The first-order valence-electron chi connectivity index (χ1n) is 5.93. The van der Waals surface area contributed by atoms with Crippen molar-refractivity contribution in [3.63, 3.8) is 0 Å². The second-order valence-corrected chi connectivity index (χ2v) is 5.18. The average Bonchev–Trinajstić information content (AvgIpc) is 3.09. The summed E-state index contributed by atoms with van der Waals surface area (Å²) >= 11 is 6.34. The molecule has 0 atom stereocenters. The smallest absolute Gasteiger partial charge is 0.304 e. The standard InChI is InChI=1S/C13H13ClO4/c14-11-8(13(3-4-13)7-10(15)16)1-2-9-12(11)18-6-5-17-9/h1-2H,3-7H2,(H,15,16). The van der Waals surface area contributed by atoms with Gasteiger partial charge in [0.25, 0.3) is 0 Å². The number of ether oxygens (including phenoxy) is 2. The van der Waals surface area contributed by atoms with Crippen LogP contribution in [0.1, 0.15) is 24.8 Å². The molecule has 1 fully saturated rings. The maximum atomic E-state index is 10.9. The van der Waals surface area contributed by atoms with Crippen molar-refractivity contribution in [2.75, 3.05) is 13.2 Å². The Morgan fingerprint density at radius 3 is 2.72 bits per heavy atom. The number of aliphatic carboxylic acids is 1. The molecule has 2 aliphatic rings. The van der Waals surface area contributed by atoms with E-state index >= 15 is 0 Å². The van der Waals surface area contributed by atoms with Gasteiger partial charge in [-0.25, -0.2) is 0 Å². The number of halogens is 1. The van der Waals surface area contributed by atoms with Crippen LogP contribution in [0.5, 0.6) is 11.5 Å². The molecule has 1 aromatic rings. The number of hydrogen-bond acceptors (Lipinski definition) is 3. The van der Waals surface area contributed by atoms with Gasteiger partial charge >= 0.3 is 5.97 Å². The first-order valence-corrected chi connectivity index (χ1v) is 6.31. The molecule has 96 valence electrons. The lowest BCUT2D eigenvalue weighted by molar-refractivity contribution is -0.137. The van der Waals surface area contributed by atoms with E-state index in [1.54, 1.807) is 0 Å². The monoisotopic (exact) mass is 268 g/mol. The molecule has 1 aliphatic heterocycles. The van der Waals surface area contributed by atoms with Gasteiger partial charge in [0.15, 0.2) is 11.5 Å². The first-order chi connectivity index (χ1) is 8.62. The number of carboxylic acids is 1. The molecule has 1 aliphatic carbocycles. The summed E-state index contributed by atoms with van der Waals surface area (Å²) in [5.74, 6) is 0.400. The number of fused-ring (bicyclic) bond motifs is 1. The van der Waals surface area contributed by atoms with Crippen molar-refractivity contribution in [2.45, 2.75) is 24.7 Å². The molecule has 0 saturated heterocycles. The fourth-order valence-electron chi connectivity index (χ4n) is 2.47. The highest BCUT2D eigenvalue weighted by Crippen LogP contribution is 2.55. The minimum Gasteiger partial charge on any atom is -0.486 e. The van der Waals surface area contributed by atoms with Crippen molar-refractivity contribution in [2.24, 2.45) is 0 Å². The van der Waals surface area contributed by atoms with Crippen molar-refractivity contribution in [1.82, 2.24) is 0 Å². The summed E-state index contributed by atoms with van der Waals surface area (Å²) in [4.78, 5) is 10.9. The van der Waals surface area contributed by atoms with E-state index in [2.05, 4.69) is 0 Å². The second-order valence-electron chi connectivity index (χ2n) is 4.80. The van der Waals surface area contributed by atoms with Gasteiger partial charge in [0.05, 0.1) is 11.4 Å². The molecule has 0 amide bonds. The Morgan fingerprint density at radius 1 is 1.33 bits per heavy atom. The molecule has 3 rings (SSSR count). The fraction of sp³-hybridized carbons (Fsp3) is 0.462. The summed E-state index contributed by atoms with van der Waals surface area (Å²) in [5, 5.41) is 9.49. The van der Waals surface area contributed by atoms with Crippen molar-refractivity contribution >= 4 is 17.6 Å². The number of carbonyl (C=O) groups is 1. The van der Waals surface area contributed by atoms with Crippen LogP contribution in [-0.4, -0.2) is 24.3 Å². The summed E-state index contributed by atoms with van der Waals surface area (Å²) in [6.07, 6.45) is 1.84. The van der Waals surface area contributed by atoms with Crippen LogP contribution in [0.25, 0.3) is 0 Å². The lowest BCUT2D eigenvalue weighted by atomic mass is 9.92. The summed E-state index contributed by atoms with van der Waals surface area (Å²) in [5.41, 5.74) is 0.564. The van der Waals surface area contributed by atoms with Gasteiger partial charge in [-0.15, -0.1) is 0 Å². The van der Waals surface area contributed by atoms with E-state index in [0.717, 1.165) is 18.4 Å². The van der Waals surface area contributed by atoms with Crippen LogP contribution in [0.4, 0.5) is 0 Å². The summed E-state index contributed by atoms with van der Waals surface area (Å²) in [6, 6.07) is 3.68. The second kappa shape index (κ2) is 4.05. The Kier molecular flexibility index (Phi) is 2.63. The summed E-state index contributed by atoms with van der Waals surface area (Å²) in [7, 11) is 0. The van der Waals surface area contributed by atoms with Crippen LogP contribution >= 0.6 is 11.6 Å². The lowest BCUT2D eigenvalue weighted by Crippen LogP contribution is -2.18. The zero-order valence-electron chi connectivity index (χ0n) is 9.74.